The zero-order valence-corrected chi connectivity index (χ0v) is 58.7. The van der Waals surface area contributed by atoms with Crippen LogP contribution in [0.5, 0.6) is 0 Å². The Morgan fingerprint density at radius 2 is 1.36 bits per heavy atom. The fraction of sp³-hybridized carbons (Fsp3) is 0.714. The summed E-state index contributed by atoms with van der Waals surface area (Å²) in [6.45, 7) is 20.5. The normalized spacial score (nSPS) is 17.4. The number of carboxylic acid groups (broad SMARTS) is 2. The van der Waals surface area contributed by atoms with Crippen molar-refractivity contribution in [2.75, 3.05) is 68.1 Å². The number of benzene rings is 1. The van der Waals surface area contributed by atoms with Gasteiger partial charge in [-0.2, -0.15) is 0 Å². The number of nitrogens with zero attached hydrogens (tertiary/aromatic N) is 5. The summed E-state index contributed by atoms with van der Waals surface area (Å²) >= 11 is 0. The van der Waals surface area contributed by atoms with Crippen molar-refractivity contribution in [1.82, 2.24) is 35.1 Å². The molecule has 2 aliphatic heterocycles. The molecule has 0 aromatic heterocycles. The number of hydrogen-bond acceptors (Lipinski definition) is 16. The monoisotopic (exact) mass is 1320 g/mol. The zero-order chi connectivity index (χ0) is 70.7. The Morgan fingerprint density at radius 3 is 1.93 bits per heavy atom. The van der Waals surface area contributed by atoms with E-state index in [2.05, 4.69) is 10.6 Å². The molecule has 0 unspecified atom stereocenters. The molecule has 0 saturated carbocycles. The highest BCUT2D eigenvalue weighted by atomic mass is 16.6. The van der Waals surface area contributed by atoms with Gasteiger partial charge in [0.1, 0.15) is 23.2 Å². The number of carbonyl (C=O) groups is 12. The Kier molecular flexibility index (Phi) is 34.5. The third kappa shape index (κ3) is 26.0. The van der Waals surface area contributed by atoms with Crippen LogP contribution in [0.15, 0.2) is 42.5 Å². The molecule has 0 spiro atoms. The molecule has 528 valence electrons. The van der Waals surface area contributed by atoms with E-state index in [9.17, 15) is 67.7 Å². The van der Waals surface area contributed by atoms with Crippen molar-refractivity contribution in [1.29, 1.82) is 0 Å². The van der Waals surface area contributed by atoms with Crippen LogP contribution in [0, 0.1) is 41.4 Å². The van der Waals surface area contributed by atoms with Gasteiger partial charge in [-0.15, -0.1) is 0 Å². The number of rotatable bonds is 44. The summed E-state index contributed by atoms with van der Waals surface area (Å²) in [5, 5.41) is 25.0. The van der Waals surface area contributed by atoms with Crippen LogP contribution < -0.4 is 10.6 Å². The lowest BCUT2D eigenvalue weighted by molar-refractivity contribution is -0.149. The number of ketones is 3. The van der Waals surface area contributed by atoms with Gasteiger partial charge >= 0.3 is 18.0 Å². The highest BCUT2D eigenvalue weighted by Gasteiger charge is 2.44. The number of unbranched alkanes of at least 4 members (excludes halogenated alkanes) is 2. The van der Waals surface area contributed by atoms with Gasteiger partial charge in [0.05, 0.1) is 36.8 Å². The van der Waals surface area contributed by atoms with Crippen molar-refractivity contribution in [3.05, 3.63) is 48.0 Å². The van der Waals surface area contributed by atoms with E-state index in [1.807, 2.05) is 74.3 Å². The molecule has 1 aromatic rings. The summed E-state index contributed by atoms with van der Waals surface area (Å²) in [5.41, 5.74) is 0.113. The fourth-order valence-electron chi connectivity index (χ4n) is 12.8. The van der Waals surface area contributed by atoms with Crippen LogP contribution in [0.3, 0.4) is 0 Å². The molecule has 2 aliphatic rings. The third-order valence-corrected chi connectivity index (χ3v) is 18.4. The summed E-state index contributed by atoms with van der Waals surface area (Å²) in [4.78, 5) is 168. The third-order valence-electron chi connectivity index (χ3n) is 18.4. The maximum Gasteiger partial charge on any atom is 0.410 e. The number of carbonyl (C=O) groups excluding carboxylic acids is 10. The Balaban J connectivity index is 1.77. The molecule has 1 saturated heterocycles. The summed E-state index contributed by atoms with van der Waals surface area (Å²) in [7, 11) is 8.31. The van der Waals surface area contributed by atoms with Crippen molar-refractivity contribution < 1.29 is 82.0 Å². The Labute approximate surface area is 557 Å². The second-order valence-electron chi connectivity index (χ2n) is 27.4. The van der Waals surface area contributed by atoms with Crippen LogP contribution in [-0.4, -0.2) is 216 Å². The van der Waals surface area contributed by atoms with Crippen LogP contribution >= 0.6 is 0 Å². The second-order valence-corrected chi connectivity index (χ2v) is 27.4. The molecule has 0 aliphatic carbocycles. The smallest absolute Gasteiger partial charge is 0.410 e. The number of methoxy groups -OCH3 is 2. The molecule has 0 radical (unpaired) electrons. The average Bonchev–Trinajstić information content (AvgIpc) is 1.21. The predicted octanol–water partition coefficient (Wildman–Crippen LogP) is 7.17. The standard InChI is InChI=1S/C70H111N7O17/c1-16-46(6)64(75(13)67(88)51(44(2)3)42-56(80)63(45(4)5)73(11)35-22-23-36-74(12)69(91)94-70(8,9)10)57(92-14)43-61(84)76-37-24-28-53(76)65(93-15)47(7)54(78)41-50(39-48-25-18-17-19-26-48)55(79)40-49(29-32-62(85)86)66(87)72-52(68(89)90)27-20-21-34-71-58(81)33-38-77-59(82)30-31-60(77)83/h17-19,25-26,30-31,44-47,49-53,57,63-65H,16,20-24,27-29,32-43H2,1-15H3,(H,71,81)(H,72,87)(H,85,86)(H,89,90)/t46-,47-,49+,50-,51-,52-,53-,57+,63-,64-,65+/m0/s1. The number of Topliss-reactive ketones (excluding diaryl/α,β-unsaturated/α-hetero) is 3. The Bertz CT molecular complexity index is 2710. The van der Waals surface area contributed by atoms with Crippen LogP contribution in [0.2, 0.25) is 0 Å². The van der Waals surface area contributed by atoms with Crippen LogP contribution in [0.1, 0.15) is 171 Å². The number of imide groups is 1. The van der Waals surface area contributed by atoms with E-state index in [1.54, 1.807) is 66.1 Å². The van der Waals surface area contributed by atoms with Crippen LogP contribution in [-0.2, 0) is 73.4 Å². The summed E-state index contributed by atoms with van der Waals surface area (Å²) in [6, 6.07) is 5.93. The lowest BCUT2D eigenvalue weighted by Crippen LogP contribution is -2.54. The van der Waals surface area contributed by atoms with E-state index >= 15 is 0 Å². The molecular formula is C70H111N7O17. The minimum Gasteiger partial charge on any atom is -0.481 e. The number of ether oxygens (including phenoxy) is 3. The first-order chi connectivity index (χ1) is 44.2. The molecule has 4 N–H and O–H groups in total. The van der Waals surface area contributed by atoms with Gasteiger partial charge < -0.3 is 49.8 Å². The van der Waals surface area contributed by atoms with Crippen molar-refractivity contribution >= 4 is 70.8 Å². The van der Waals surface area contributed by atoms with Gasteiger partial charge in [0.15, 0.2) is 5.78 Å². The van der Waals surface area contributed by atoms with Crippen molar-refractivity contribution in [2.24, 2.45) is 41.4 Å². The van der Waals surface area contributed by atoms with Gasteiger partial charge in [-0.3, -0.25) is 57.7 Å². The quantitative estimate of drug-likeness (QED) is 0.0371. The van der Waals surface area contributed by atoms with E-state index in [4.69, 9.17) is 14.2 Å². The largest absolute Gasteiger partial charge is 0.481 e. The minimum absolute atomic E-state index is 0.0110. The number of likely N-dealkylation sites (N-methyl/N-ethyl adjacent to an activating group) is 2. The van der Waals surface area contributed by atoms with Gasteiger partial charge in [0.2, 0.25) is 23.6 Å². The molecule has 1 fully saturated rings. The number of nitrogens with one attached hydrogen (secondary N) is 2. The van der Waals surface area contributed by atoms with Gasteiger partial charge in [0, 0.05) is 122 Å². The van der Waals surface area contributed by atoms with Crippen molar-refractivity contribution in [2.45, 2.75) is 214 Å². The summed E-state index contributed by atoms with van der Waals surface area (Å²) in [5.74, 6) is -10.5. The SMILES string of the molecule is CC[C@H](C)[C@@H]([C@@H](CC(=O)N1CCC[C@H]1[C@H](OC)[C@@H](C)C(=O)C[C@H](Cc1ccccc1)C(=O)C[C@@H](CCC(=O)O)C(=O)N[C@@H](CCCCNC(=O)CCN1C(=O)C=CC1=O)C(=O)O)OC)N(C)C(=O)[C@@H](CC(=O)[C@H](C(C)C)N(C)CCCCN(C)C(=O)OC(C)(C)C)C(C)C. The number of likely N-dealkylation sites (tertiary alicyclic amines) is 1. The topological polar surface area (TPSA) is 313 Å². The van der Waals surface area contributed by atoms with Gasteiger partial charge in [0.25, 0.3) is 11.8 Å². The second kappa shape index (κ2) is 39.8. The highest BCUT2D eigenvalue weighted by Crippen LogP contribution is 2.33. The summed E-state index contributed by atoms with van der Waals surface area (Å²) in [6.07, 6.45) is 2.17. The summed E-state index contributed by atoms with van der Waals surface area (Å²) < 4.78 is 17.8. The first-order valence-electron chi connectivity index (χ1n) is 33.6. The Morgan fingerprint density at radius 1 is 0.734 bits per heavy atom. The van der Waals surface area contributed by atoms with Crippen LogP contribution in [0.25, 0.3) is 0 Å². The molecule has 24 heteroatoms. The van der Waals surface area contributed by atoms with Crippen molar-refractivity contribution in [3.63, 3.8) is 0 Å². The predicted molar refractivity (Wildman–Crippen MR) is 354 cm³/mol. The van der Waals surface area contributed by atoms with E-state index < -0.39 is 126 Å². The molecule has 0 bridgehead atoms. The lowest BCUT2D eigenvalue weighted by atomic mass is 9.81. The molecule has 7 amide bonds. The average molecular weight is 1320 g/mol. The van der Waals surface area contributed by atoms with Gasteiger partial charge in [-0.1, -0.05) is 85.2 Å². The van der Waals surface area contributed by atoms with Gasteiger partial charge in [-0.25, -0.2) is 9.59 Å². The molecule has 3 rings (SSSR count). The van der Waals surface area contributed by atoms with Gasteiger partial charge in [-0.05, 0) is 115 Å². The zero-order valence-electron chi connectivity index (χ0n) is 58.7. The van der Waals surface area contributed by atoms with Crippen molar-refractivity contribution in [3.8, 4) is 0 Å². The van der Waals surface area contributed by atoms with Crippen LogP contribution in [0.4, 0.5) is 4.79 Å². The fourth-order valence-corrected chi connectivity index (χ4v) is 12.8. The van der Waals surface area contributed by atoms with E-state index in [0.717, 1.165) is 29.0 Å². The first-order valence-corrected chi connectivity index (χ1v) is 33.6. The molecule has 2 heterocycles. The number of amides is 7. The maximum absolute atomic E-state index is 14.9. The van der Waals surface area contributed by atoms with E-state index in [-0.39, 0.29) is 106 Å². The van der Waals surface area contributed by atoms with E-state index in [1.165, 1.54) is 14.2 Å². The minimum atomic E-state index is -1.42. The van der Waals surface area contributed by atoms with E-state index in [0.29, 0.717) is 51.7 Å². The first kappa shape index (κ1) is 81.3. The molecule has 11 atom stereocenters. The number of aliphatic carboxylic acids is 2. The molecule has 24 nitrogen and oxygen atoms in total. The number of hydrogen-bond donors (Lipinski definition) is 4. The number of carboxylic acids is 2. The molecular weight excluding hydrogens is 1210 g/mol. The Hall–Kier alpha value is -6.92. The highest BCUT2D eigenvalue weighted by molar-refractivity contribution is 6.13. The lowest BCUT2D eigenvalue weighted by Gasteiger charge is -2.41. The molecule has 1 aromatic carbocycles. The molecule has 94 heavy (non-hydrogen) atoms. The maximum atomic E-state index is 14.9.